The molecule has 3 rings (SSSR count). The van der Waals surface area contributed by atoms with Crippen molar-refractivity contribution in [3.8, 4) is 12.0 Å². The van der Waals surface area contributed by atoms with Crippen molar-refractivity contribution in [2.75, 3.05) is 32.2 Å². The molecule has 2 fully saturated rings. The molecule has 2 aliphatic rings. The number of amides is 1. The molecule has 8 heteroatoms. The van der Waals surface area contributed by atoms with Gasteiger partial charge in [-0.25, -0.2) is 0 Å². The standard InChI is InChI=1S/C15H23N5O3/c1-22-14-17-13(18-15(19-14)23-2)20-8-4-7-11(9-20)16-12(21)10-5-3-6-10/h10-11H,3-9H2,1-2H3,(H,16,21). The molecule has 1 saturated carbocycles. The normalized spacial score (nSPS) is 21.5. The SMILES string of the molecule is COc1nc(OC)nc(N2CCCC(NC(=O)C3CCC3)C2)n1. The lowest BCUT2D eigenvalue weighted by Gasteiger charge is -2.35. The van der Waals surface area contributed by atoms with Gasteiger partial charge >= 0.3 is 12.0 Å². The number of ether oxygens (including phenoxy) is 2. The van der Waals surface area contributed by atoms with Gasteiger partial charge in [0.25, 0.3) is 0 Å². The summed E-state index contributed by atoms with van der Waals surface area (Å²) in [6.07, 6.45) is 5.16. The maximum absolute atomic E-state index is 12.1. The first kappa shape index (κ1) is 15.8. The third-order valence-electron chi connectivity index (χ3n) is 4.47. The molecule has 1 aromatic heterocycles. The van der Waals surface area contributed by atoms with Gasteiger partial charge in [0, 0.05) is 25.0 Å². The number of nitrogens with one attached hydrogen (secondary N) is 1. The van der Waals surface area contributed by atoms with E-state index in [1.807, 2.05) is 4.90 Å². The molecule has 0 spiro atoms. The van der Waals surface area contributed by atoms with Crippen LogP contribution < -0.4 is 19.7 Å². The summed E-state index contributed by atoms with van der Waals surface area (Å²) < 4.78 is 10.2. The van der Waals surface area contributed by atoms with Crippen molar-refractivity contribution >= 4 is 11.9 Å². The number of piperidine rings is 1. The fourth-order valence-corrected chi connectivity index (χ4v) is 2.92. The molecule has 8 nitrogen and oxygen atoms in total. The van der Waals surface area contributed by atoms with E-state index in [9.17, 15) is 4.79 Å². The molecule has 23 heavy (non-hydrogen) atoms. The maximum atomic E-state index is 12.1. The van der Waals surface area contributed by atoms with Gasteiger partial charge in [-0.15, -0.1) is 4.98 Å². The summed E-state index contributed by atoms with van der Waals surface area (Å²) in [6.45, 7) is 1.53. The molecule has 2 heterocycles. The first-order valence-electron chi connectivity index (χ1n) is 8.09. The van der Waals surface area contributed by atoms with Gasteiger partial charge < -0.3 is 19.7 Å². The van der Waals surface area contributed by atoms with E-state index in [1.54, 1.807) is 0 Å². The van der Waals surface area contributed by atoms with E-state index in [1.165, 1.54) is 20.6 Å². The number of hydrogen-bond acceptors (Lipinski definition) is 7. The number of carbonyl (C=O) groups excluding carboxylic acids is 1. The third kappa shape index (κ3) is 3.62. The van der Waals surface area contributed by atoms with Crippen LogP contribution in [0.25, 0.3) is 0 Å². The number of aromatic nitrogens is 3. The molecule has 1 aromatic rings. The van der Waals surface area contributed by atoms with Gasteiger partial charge in [-0.3, -0.25) is 4.79 Å². The Bertz CT molecular complexity index is 542. The fourth-order valence-electron chi connectivity index (χ4n) is 2.92. The van der Waals surface area contributed by atoms with E-state index < -0.39 is 0 Å². The van der Waals surface area contributed by atoms with Gasteiger partial charge in [0.2, 0.25) is 11.9 Å². The second-order valence-corrected chi connectivity index (χ2v) is 6.03. The molecule has 126 valence electrons. The first-order valence-corrected chi connectivity index (χ1v) is 8.09. The Hall–Kier alpha value is -2.12. The monoisotopic (exact) mass is 321 g/mol. The van der Waals surface area contributed by atoms with Crippen LogP contribution in [0.2, 0.25) is 0 Å². The lowest BCUT2D eigenvalue weighted by atomic mass is 9.84. The van der Waals surface area contributed by atoms with E-state index in [-0.39, 0.29) is 29.9 Å². The van der Waals surface area contributed by atoms with Crippen LogP contribution in [0.15, 0.2) is 0 Å². The van der Waals surface area contributed by atoms with Crippen LogP contribution >= 0.6 is 0 Å². The van der Waals surface area contributed by atoms with Crippen LogP contribution in [0.3, 0.4) is 0 Å². The van der Waals surface area contributed by atoms with E-state index >= 15 is 0 Å². The smallest absolute Gasteiger partial charge is 0.324 e. The average Bonchev–Trinajstić information content (AvgIpc) is 2.52. The van der Waals surface area contributed by atoms with E-state index in [0.717, 1.165) is 32.2 Å². The van der Waals surface area contributed by atoms with Crippen LogP contribution in [0.5, 0.6) is 12.0 Å². The van der Waals surface area contributed by atoms with Crippen molar-refractivity contribution in [1.82, 2.24) is 20.3 Å². The highest BCUT2D eigenvalue weighted by molar-refractivity contribution is 5.79. The summed E-state index contributed by atoms with van der Waals surface area (Å²) in [6, 6.07) is 0.588. The Kier molecular flexibility index (Phi) is 4.78. The number of nitrogens with zero attached hydrogens (tertiary/aromatic N) is 4. The Labute approximate surface area is 135 Å². The van der Waals surface area contributed by atoms with Gasteiger partial charge in [0.15, 0.2) is 0 Å². The van der Waals surface area contributed by atoms with Gasteiger partial charge in [-0.2, -0.15) is 9.97 Å². The van der Waals surface area contributed by atoms with Crippen LogP contribution in [0.1, 0.15) is 32.1 Å². The second kappa shape index (κ2) is 6.97. The van der Waals surface area contributed by atoms with E-state index in [0.29, 0.717) is 12.5 Å². The molecule has 1 amide bonds. The molecular weight excluding hydrogens is 298 g/mol. The van der Waals surface area contributed by atoms with Crippen molar-refractivity contribution < 1.29 is 14.3 Å². The highest BCUT2D eigenvalue weighted by Crippen LogP contribution is 2.27. The molecule has 0 bridgehead atoms. The first-order chi connectivity index (χ1) is 11.2. The number of rotatable bonds is 5. The van der Waals surface area contributed by atoms with Crippen molar-refractivity contribution in [2.24, 2.45) is 5.92 Å². The minimum atomic E-state index is 0.130. The molecule has 0 aromatic carbocycles. The number of carbonyl (C=O) groups is 1. The lowest BCUT2D eigenvalue weighted by Crippen LogP contribution is -2.50. The highest BCUT2D eigenvalue weighted by Gasteiger charge is 2.29. The topological polar surface area (TPSA) is 89.5 Å². The summed E-state index contributed by atoms with van der Waals surface area (Å²) in [5, 5.41) is 3.16. The molecule has 1 aliphatic heterocycles. The maximum Gasteiger partial charge on any atom is 0.324 e. The van der Waals surface area contributed by atoms with Gasteiger partial charge in [0.1, 0.15) is 0 Å². The van der Waals surface area contributed by atoms with Crippen molar-refractivity contribution in [3.05, 3.63) is 0 Å². The predicted molar refractivity (Wildman–Crippen MR) is 83.6 cm³/mol. The van der Waals surface area contributed by atoms with Gasteiger partial charge in [-0.05, 0) is 25.7 Å². The van der Waals surface area contributed by atoms with Crippen molar-refractivity contribution in [3.63, 3.8) is 0 Å². The van der Waals surface area contributed by atoms with Crippen LogP contribution in [-0.4, -0.2) is 54.2 Å². The van der Waals surface area contributed by atoms with E-state index in [4.69, 9.17) is 9.47 Å². The van der Waals surface area contributed by atoms with Crippen LogP contribution in [-0.2, 0) is 4.79 Å². The molecule has 1 N–H and O–H groups in total. The minimum Gasteiger partial charge on any atom is -0.467 e. The zero-order valence-corrected chi connectivity index (χ0v) is 13.6. The molecule has 1 aliphatic carbocycles. The van der Waals surface area contributed by atoms with Crippen LogP contribution in [0.4, 0.5) is 5.95 Å². The highest BCUT2D eigenvalue weighted by atomic mass is 16.5. The summed E-state index contributed by atoms with van der Waals surface area (Å²) in [5.41, 5.74) is 0. The quantitative estimate of drug-likeness (QED) is 0.857. The third-order valence-corrected chi connectivity index (χ3v) is 4.47. The zero-order valence-electron chi connectivity index (χ0n) is 13.6. The fraction of sp³-hybridized carbons (Fsp3) is 0.733. The molecule has 1 atom stereocenters. The number of methoxy groups -OCH3 is 2. The molecule has 0 radical (unpaired) electrons. The van der Waals surface area contributed by atoms with Crippen molar-refractivity contribution in [2.45, 2.75) is 38.1 Å². The van der Waals surface area contributed by atoms with E-state index in [2.05, 4.69) is 20.3 Å². The lowest BCUT2D eigenvalue weighted by molar-refractivity contribution is -0.128. The Morgan fingerprint density at radius 2 is 1.78 bits per heavy atom. The van der Waals surface area contributed by atoms with Crippen LogP contribution in [0, 0.1) is 5.92 Å². The van der Waals surface area contributed by atoms with Crippen molar-refractivity contribution in [1.29, 1.82) is 0 Å². The second-order valence-electron chi connectivity index (χ2n) is 6.03. The van der Waals surface area contributed by atoms with Gasteiger partial charge in [-0.1, -0.05) is 6.42 Å². The number of anilines is 1. The minimum absolute atomic E-state index is 0.130. The Morgan fingerprint density at radius 3 is 2.35 bits per heavy atom. The predicted octanol–water partition coefficient (Wildman–Crippen LogP) is 0.774. The zero-order chi connectivity index (χ0) is 16.2. The average molecular weight is 321 g/mol. The summed E-state index contributed by atoms with van der Waals surface area (Å²) in [4.78, 5) is 26.8. The van der Waals surface area contributed by atoms with Gasteiger partial charge in [0.05, 0.1) is 14.2 Å². The largest absolute Gasteiger partial charge is 0.467 e. The number of hydrogen-bond donors (Lipinski definition) is 1. The molecular formula is C15H23N5O3. The molecule has 1 unspecified atom stereocenters. The summed E-state index contributed by atoms with van der Waals surface area (Å²) >= 11 is 0. The summed E-state index contributed by atoms with van der Waals surface area (Å²) in [5.74, 6) is 0.924. The summed E-state index contributed by atoms with van der Waals surface area (Å²) in [7, 11) is 3.02. The Balaban J connectivity index is 1.66. The molecule has 1 saturated heterocycles. The Morgan fingerprint density at radius 1 is 1.09 bits per heavy atom.